The fraction of sp³-hybridized carbons (Fsp3) is 0.556. The molecule has 0 atom stereocenters. The van der Waals surface area contributed by atoms with Gasteiger partial charge in [0.05, 0.1) is 11.1 Å². The molecule has 0 saturated carbocycles. The van der Waals surface area contributed by atoms with Gasteiger partial charge in [-0.15, -0.1) is 0 Å². The molecule has 0 aromatic carbocycles. The molecule has 0 heterocycles. The zero-order chi connectivity index (χ0) is 9.78. The molecule has 0 aliphatic carbocycles. The van der Waals surface area contributed by atoms with Crippen molar-refractivity contribution in [2.75, 3.05) is 0 Å². The van der Waals surface area contributed by atoms with Crippen molar-refractivity contribution in [2.45, 2.75) is 33.2 Å². The Labute approximate surface area is 73.4 Å². The van der Waals surface area contributed by atoms with Crippen LogP contribution >= 0.6 is 0 Å². The first-order valence-electron chi connectivity index (χ1n) is 3.85. The van der Waals surface area contributed by atoms with Crippen molar-refractivity contribution >= 4 is 12.0 Å². The van der Waals surface area contributed by atoms with Gasteiger partial charge in [-0.25, -0.2) is 0 Å². The minimum absolute atomic E-state index is 0.0644. The Balaban J connectivity index is 4.44. The van der Waals surface area contributed by atoms with E-state index in [4.69, 9.17) is 5.73 Å². The molecule has 12 heavy (non-hydrogen) atoms. The molecular formula is C9H16N2O. The van der Waals surface area contributed by atoms with E-state index in [1.54, 1.807) is 0 Å². The molecule has 3 nitrogen and oxygen atoms in total. The molecule has 0 aromatic heterocycles. The number of carbonyl (C=O) groups excluding carboxylic acids is 1. The van der Waals surface area contributed by atoms with Crippen LogP contribution in [0.15, 0.2) is 16.8 Å². The van der Waals surface area contributed by atoms with Crippen LogP contribution in [0.5, 0.6) is 0 Å². The third-order valence-electron chi connectivity index (χ3n) is 1.18. The van der Waals surface area contributed by atoms with Crippen LogP contribution in [-0.4, -0.2) is 17.5 Å². The summed E-state index contributed by atoms with van der Waals surface area (Å²) in [6, 6.07) is 0. The van der Waals surface area contributed by atoms with Crippen LogP contribution in [0, 0.1) is 0 Å². The Kier molecular flexibility index (Phi) is 3.67. The standard InChI is InChI=1S/C9H16N2O/c1-7(12)8(5-10)6-11-9(2,3)4/h5-6H,10H2,1-4H3. The molecule has 68 valence electrons. The fourth-order valence-electron chi connectivity index (χ4n) is 0.514. The lowest BCUT2D eigenvalue weighted by atomic mass is 10.1. The van der Waals surface area contributed by atoms with Crippen molar-refractivity contribution in [3.8, 4) is 0 Å². The van der Waals surface area contributed by atoms with Gasteiger partial charge in [0.1, 0.15) is 0 Å². The molecule has 0 radical (unpaired) electrons. The molecule has 0 fully saturated rings. The van der Waals surface area contributed by atoms with Crippen LogP contribution < -0.4 is 5.73 Å². The summed E-state index contributed by atoms with van der Waals surface area (Å²) in [6.07, 6.45) is 2.79. The molecule has 0 unspecified atom stereocenters. The van der Waals surface area contributed by atoms with E-state index in [0.717, 1.165) is 0 Å². The second kappa shape index (κ2) is 4.04. The quantitative estimate of drug-likeness (QED) is 0.499. The smallest absolute Gasteiger partial charge is 0.162 e. The number of aliphatic imine (C=N–C) groups is 1. The summed E-state index contributed by atoms with van der Waals surface area (Å²) < 4.78 is 0. The van der Waals surface area contributed by atoms with Crippen LogP contribution in [0.4, 0.5) is 0 Å². The van der Waals surface area contributed by atoms with Crippen LogP contribution in [0.1, 0.15) is 27.7 Å². The van der Waals surface area contributed by atoms with Crippen molar-refractivity contribution in [3.05, 3.63) is 11.8 Å². The molecule has 0 rings (SSSR count). The number of ketones is 1. The maximum atomic E-state index is 10.9. The lowest BCUT2D eigenvalue weighted by Gasteiger charge is -2.10. The van der Waals surface area contributed by atoms with Crippen molar-refractivity contribution < 1.29 is 4.79 Å². The number of hydrogen-bond donors (Lipinski definition) is 1. The van der Waals surface area contributed by atoms with E-state index in [1.165, 1.54) is 19.3 Å². The van der Waals surface area contributed by atoms with Crippen molar-refractivity contribution in [3.63, 3.8) is 0 Å². The Hall–Kier alpha value is -1.12. The van der Waals surface area contributed by atoms with Crippen molar-refractivity contribution in [1.82, 2.24) is 0 Å². The molecule has 0 bridgehead atoms. The second-order valence-electron chi connectivity index (χ2n) is 3.61. The summed E-state index contributed by atoms with van der Waals surface area (Å²) >= 11 is 0. The van der Waals surface area contributed by atoms with Gasteiger partial charge in [-0.1, -0.05) is 0 Å². The Morgan fingerprint density at radius 2 is 1.92 bits per heavy atom. The average Bonchev–Trinajstić information content (AvgIpc) is 1.85. The molecule has 0 aliphatic rings. The van der Waals surface area contributed by atoms with Gasteiger partial charge in [0.2, 0.25) is 0 Å². The number of hydrogen-bond acceptors (Lipinski definition) is 3. The predicted molar refractivity (Wildman–Crippen MR) is 51.2 cm³/mol. The fourth-order valence-corrected chi connectivity index (χ4v) is 0.514. The lowest BCUT2D eigenvalue weighted by Crippen LogP contribution is -2.11. The Morgan fingerprint density at radius 3 is 2.17 bits per heavy atom. The highest BCUT2D eigenvalue weighted by molar-refractivity contribution is 6.12. The molecule has 2 N–H and O–H groups in total. The summed E-state index contributed by atoms with van der Waals surface area (Å²) in [4.78, 5) is 15.0. The maximum absolute atomic E-state index is 10.9. The van der Waals surface area contributed by atoms with Crippen LogP contribution in [-0.2, 0) is 4.79 Å². The van der Waals surface area contributed by atoms with Crippen LogP contribution in [0.3, 0.4) is 0 Å². The summed E-state index contributed by atoms with van der Waals surface area (Å²) in [5, 5.41) is 0. The SMILES string of the molecule is CC(=O)C(C=NC(C)(C)C)=CN. The van der Waals surface area contributed by atoms with E-state index < -0.39 is 0 Å². The highest BCUT2D eigenvalue weighted by atomic mass is 16.1. The third kappa shape index (κ3) is 4.66. The van der Waals surface area contributed by atoms with E-state index in [0.29, 0.717) is 5.57 Å². The zero-order valence-corrected chi connectivity index (χ0v) is 8.09. The maximum Gasteiger partial charge on any atom is 0.162 e. The number of allylic oxidation sites excluding steroid dienone is 1. The number of nitrogens with two attached hydrogens (primary N) is 1. The summed E-state index contributed by atoms with van der Waals surface area (Å²) in [6.45, 7) is 7.33. The number of rotatable bonds is 2. The topological polar surface area (TPSA) is 55.5 Å². The van der Waals surface area contributed by atoms with Gasteiger partial charge in [-0.2, -0.15) is 0 Å². The predicted octanol–water partition coefficient (Wildman–Crippen LogP) is 1.29. The van der Waals surface area contributed by atoms with Crippen LogP contribution in [0.2, 0.25) is 0 Å². The highest BCUT2D eigenvalue weighted by Gasteiger charge is 2.06. The van der Waals surface area contributed by atoms with Crippen molar-refractivity contribution in [1.29, 1.82) is 0 Å². The van der Waals surface area contributed by atoms with Gasteiger partial charge < -0.3 is 5.73 Å². The number of carbonyl (C=O) groups is 1. The Bertz CT molecular complexity index is 221. The molecule has 0 aromatic rings. The van der Waals surface area contributed by atoms with Gasteiger partial charge >= 0.3 is 0 Å². The first kappa shape index (κ1) is 10.9. The minimum atomic E-state index is -0.163. The summed E-state index contributed by atoms with van der Waals surface area (Å²) in [5.41, 5.74) is 5.51. The third-order valence-corrected chi connectivity index (χ3v) is 1.18. The zero-order valence-electron chi connectivity index (χ0n) is 8.09. The Morgan fingerprint density at radius 1 is 1.42 bits per heavy atom. The van der Waals surface area contributed by atoms with Gasteiger partial charge in [0, 0.05) is 12.4 Å². The number of nitrogens with zero attached hydrogens (tertiary/aromatic N) is 1. The van der Waals surface area contributed by atoms with Gasteiger partial charge in [0.25, 0.3) is 0 Å². The van der Waals surface area contributed by atoms with E-state index in [9.17, 15) is 4.79 Å². The molecule has 0 spiro atoms. The van der Waals surface area contributed by atoms with E-state index in [2.05, 4.69) is 4.99 Å². The summed E-state index contributed by atoms with van der Waals surface area (Å²) in [5.74, 6) is -0.0644. The summed E-state index contributed by atoms with van der Waals surface area (Å²) in [7, 11) is 0. The molecule has 0 aliphatic heterocycles. The molecule has 0 saturated heterocycles. The first-order valence-corrected chi connectivity index (χ1v) is 3.85. The molecule has 3 heteroatoms. The molecule has 0 amide bonds. The van der Waals surface area contributed by atoms with Gasteiger partial charge in [0.15, 0.2) is 5.78 Å². The van der Waals surface area contributed by atoms with Gasteiger partial charge in [-0.3, -0.25) is 9.79 Å². The van der Waals surface area contributed by atoms with Gasteiger partial charge in [-0.05, 0) is 27.7 Å². The lowest BCUT2D eigenvalue weighted by molar-refractivity contribution is -0.113. The second-order valence-corrected chi connectivity index (χ2v) is 3.61. The largest absolute Gasteiger partial charge is 0.404 e. The monoisotopic (exact) mass is 168 g/mol. The van der Waals surface area contributed by atoms with Crippen LogP contribution in [0.25, 0.3) is 0 Å². The highest BCUT2D eigenvalue weighted by Crippen LogP contribution is 2.05. The van der Waals surface area contributed by atoms with E-state index in [-0.39, 0.29) is 11.3 Å². The van der Waals surface area contributed by atoms with Crippen molar-refractivity contribution in [2.24, 2.45) is 10.7 Å². The average molecular weight is 168 g/mol. The van der Waals surface area contributed by atoms with E-state index >= 15 is 0 Å². The number of Topliss-reactive ketones (excluding diaryl/α,β-unsaturated/α-hetero) is 1. The normalized spacial score (nSPS) is 13.8. The molecular weight excluding hydrogens is 152 g/mol. The minimum Gasteiger partial charge on any atom is -0.404 e. The van der Waals surface area contributed by atoms with E-state index in [1.807, 2.05) is 20.8 Å². The first-order chi connectivity index (χ1) is 5.37.